The van der Waals surface area contributed by atoms with Gasteiger partial charge in [0.25, 0.3) is 5.91 Å². The molecule has 0 unspecified atom stereocenters. The lowest BCUT2D eigenvalue weighted by molar-refractivity contribution is -0.120. The normalized spacial score (nSPS) is 17.8. The molecule has 2 aliphatic heterocycles. The number of rotatable bonds is 8. The Hall–Kier alpha value is -2.36. The Morgan fingerprint density at radius 2 is 1.71 bits per heavy atom. The van der Waals surface area contributed by atoms with E-state index in [4.69, 9.17) is 0 Å². The molecule has 4 rings (SSSR count). The number of sulfonamides is 1. The van der Waals surface area contributed by atoms with Gasteiger partial charge in [0.05, 0.1) is 4.90 Å². The fourth-order valence-corrected chi connectivity index (χ4v) is 6.53. The lowest BCUT2D eigenvalue weighted by atomic mass is 10.1. The van der Waals surface area contributed by atoms with Crippen LogP contribution in [0.25, 0.3) is 0 Å². The van der Waals surface area contributed by atoms with Crippen molar-refractivity contribution in [1.29, 1.82) is 0 Å². The number of thioether (sulfide) groups is 1. The summed E-state index contributed by atoms with van der Waals surface area (Å²) in [5, 5.41) is 2.89. The van der Waals surface area contributed by atoms with Gasteiger partial charge in [-0.25, -0.2) is 8.42 Å². The Kier molecular flexibility index (Phi) is 7.95. The smallest absolute Gasteiger partial charge is 0.255 e. The van der Waals surface area contributed by atoms with Crippen molar-refractivity contribution < 1.29 is 18.0 Å². The van der Waals surface area contributed by atoms with Gasteiger partial charge in [-0.15, -0.1) is 0 Å². The third-order valence-corrected chi connectivity index (χ3v) is 9.01. The predicted octanol–water partition coefficient (Wildman–Crippen LogP) is 3.97. The quantitative estimate of drug-likeness (QED) is 0.592. The van der Waals surface area contributed by atoms with Crippen molar-refractivity contribution >= 4 is 39.3 Å². The van der Waals surface area contributed by atoms with E-state index in [1.54, 1.807) is 51.3 Å². The van der Waals surface area contributed by atoms with Gasteiger partial charge >= 0.3 is 0 Å². The number of nitrogens with one attached hydrogen (secondary N) is 1. The van der Waals surface area contributed by atoms with Crippen LogP contribution in [-0.4, -0.2) is 60.6 Å². The van der Waals surface area contributed by atoms with Crippen LogP contribution >= 0.6 is 11.8 Å². The second-order valence-electron chi connectivity index (χ2n) is 8.72. The summed E-state index contributed by atoms with van der Waals surface area (Å²) in [6.45, 7) is 1.50. The maximum Gasteiger partial charge on any atom is 0.255 e. The average molecular weight is 502 g/mol. The number of hydrogen-bond acceptors (Lipinski definition) is 5. The van der Waals surface area contributed by atoms with Crippen LogP contribution in [0.1, 0.15) is 48.0 Å². The third kappa shape index (κ3) is 5.31. The number of nitrogens with zero attached hydrogens (tertiary/aromatic N) is 2. The van der Waals surface area contributed by atoms with Crippen molar-refractivity contribution in [1.82, 2.24) is 9.21 Å². The zero-order valence-electron chi connectivity index (χ0n) is 19.4. The van der Waals surface area contributed by atoms with Gasteiger partial charge in [-0.05, 0) is 67.2 Å². The molecule has 1 fully saturated rings. The summed E-state index contributed by atoms with van der Waals surface area (Å²) in [7, 11) is -3.54. The highest BCUT2D eigenvalue weighted by atomic mass is 32.2. The summed E-state index contributed by atoms with van der Waals surface area (Å²) in [5.74, 6) is 0.347. The van der Waals surface area contributed by atoms with Gasteiger partial charge in [-0.3, -0.25) is 9.59 Å². The summed E-state index contributed by atoms with van der Waals surface area (Å²) in [5.41, 5.74) is 2.09. The highest BCUT2D eigenvalue weighted by Crippen LogP contribution is 2.27. The molecular formula is C25H31N3O4S2. The number of carbonyl (C=O) groups excluding carboxylic acids is 2. The van der Waals surface area contributed by atoms with Gasteiger partial charge in [-0.1, -0.05) is 31.0 Å². The predicted molar refractivity (Wildman–Crippen MR) is 135 cm³/mol. The average Bonchev–Trinajstić information content (AvgIpc) is 3.00. The molecule has 2 aliphatic rings. The first-order valence-electron chi connectivity index (χ1n) is 11.7. The van der Waals surface area contributed by atoms with Crippen LogP contribution in [-0.2, 0) is 21.4 Å². The van der Waals surface area contributed by atoms with Crippen LogP contribution < -0.4 is 5.32 Å². The van der Waals surface area contributed by atoms with Crippen molar-refractivity contribution in [3.05, 3.63) is 59.7 Å². The molecule has 0 saturated carbocycles. The molecule has 1 atom stereocenters. The summed E-state index contributed by atoms with van der Waals surface area (Å²) in [4.78, 5) is 28.1. The molecule has 9 heteroatoms. The summed E-state index contributed by atoms with van der Waals surface area (Å²) in [6, 6.07) is 13.2. The standard InChI is InChI=1S/C25H31N3O4S2/c1-33-17-14-23(28-18-19-8-4-5-9-22(19)25(28)30)24(29)26-20-10-12-21(13-11-20)34(31,32)27-15-6-2-3-7-16-27/h4-5,8-13,23H,2-3,6-7,14-18H2,1H3,(H,26,29)/t23-/m0/s1. The van der Waals surface area contributed by atoms with Crippen LogP contribution in [0.4, 0.5) is 5.69 Å². The molecule has 0 bridgehead atoms. The minimum atomic E-state index is -3.54. The van der Waals surface area contributed by atoms with Gasteiger partial charge in [0, 0.05) is 30.9 Å². The molecule has 7 nitrogen and oxygen atoms in total. The van der Waals surface area contributed by atoms with Crippen LogP contribution in [0.3, 0.4) is 0 Å². The number of hydrogen-bond donors (Lipinski definition) is 1. The molecule has 1 N–H and O–H groups in total. The van der Waals surface area contributed by atoms with E-state index in [0.29, 0.717) is 37.3 Å². The zero-order chi connectivity index (χ0) is 24.1. The number of anilines is 1. The van der Waals surface area contributed by atoms with E-state index < -0.39 is 16.1 Å². The molecule has 34 heavy (non-hydrogen) atoms. The minimum absolute atomic E-state index is 0.129. The van der Waals surface area contributed by atoms with Crippen molar-refractivity contribution in [3.63, 3.8) is 0 Å². The highest BCUT2D eigenvalue weighted by Gasteiger charge is 2.36. The molecule has 1 saturated heterocycles. The largest absolute Gasteiger partial charge is 0.324 e. The van der Waals surface area contributed by atoms with E-state index in [2.05, 4.69) is 5.32 Å². The fourth-order valence-electron chi connectivity index (χ4n) is 4.55. The van der Waals surface area contributed by atoms with Gasteiger partial charge in [0.1, 0.15) is 6.04 Å². The van der Waals surface area contributed by atoms with Crippen molar-refractivity contribution in [2.75, 3.05) is 30.4 Å². The molecular weight excluding hydrogens is 470 g/mol. The van der Waals surface area contributed by atoms with Gasteiger partial charge < -0.3 is 10.2 Å². The maximum atomic E-state index is 13.2. The van der Waals surface area contributed by atoms with Crippen molar-refractivity contribution in [2.45, 2.75) is 49.6 Å². The van der Waals surface area contributed by atoms with Gasteiger partial charge in [0.15, 0.2) is 0 Å². The zero-order valence-corrected chi connectivity index (χ0v) is 21.0. The second-order valence-corrected chi connectivity index (χ2v) is 11.6. The summed E-state index contributed by atoms with van der Waals surface area (Å²) < 4.78 is 27.6. The topological polar surface area (TPSA) is 86.8 Å². The van der Waals surface area contributed by atoms with E-state index in [9.17, 15) is 18.0 Å². The first kappa shape index (κ1) is 24.8. The van der Waals surface area contributed by atoms with Crippen LogP contribution in [0.15, 0.2) is 53.4 Å². The number of benzene rings is 2. The van der Waals surface area contributed by atoms with E-state index >= 15 is 0 Å². The number of amides is 2. The Balaban J connectivity index is 1.47. The molecule has 2 heterocycles. The molecule has 2 aromatic carbocycles. The molecule has 0 spiro atoms. The molecule has 182 valence electrons. The van der Waals surface area contributed by atoms with Gasteiger partial charge in [0.2, 0.25) is 15.9 Å². The Morgan fingerprint density at radius 3 is 2.35 bits per heavy atom. The molecule has 2 aromatic rings. The lowest BCUT2D eigenvalue weighted by Crippen LogP contribution is -2.44. The SMILES string of the molecule is CSCC[C@@H](C(=O)Nc1ccc(S(=O)(=O)N2CCCCCC2)cc1)N1Cc2ccccc2C1=O. The summed E-state index contributed by atoms with van der Waals surface area (Å²) >= 11 is 1.63. The van der Waals surface area contributed by atoms with Crippen molar-refractivity contribution in [3.8, 4) is 0 Å². The second kappa shape index (κ2) is 10.9. The van der Waals surface area contributed by atoms with Crippen molar-refractivity contribution in [2.24, 2.45) is 0 Å². The van der Waals surface area contributed by atoms with E-state index in [-0.39, 0.29) is 16.7 Å². The number of fused-ring (bicyclic) bond motifs is 1. The molecule has 0 aromatic heterocycles. The minimum Gasteiger partial charge on any atom is -0.324 e. The maximum absolute atomic E-state index is 13.2. The monoisotopic (exact) mass is 501 g/mol. The van der Waals surface area contributed by atoms with E-state index in [0.717, 1.165) is 37.0 Å². The highest BCUT2D eigenvalue weighted by molar-refractivity contribution is 7.98. The summed E-state index contributed by atoms with van der Waals surface area (Å²) in [6.07, 6.45) is 6.37. The van der Waals surface area contributed by atoms with E-state index in [1.807, 2.05) is 24.5 Å². The first-order chi connectivity index (χ1) is 16.4. The van der Waals surface area contributed by atoms with Crippen LogP contribution in [0, 0.1) is 0 Å². The van der Waals surface area contributed by atoms with Gasteiger partial charge in [-0.2, -0.15) is 16.1 Å². The Morgan fingerprint density at radius 1 is 1.03 bits per heavy atom. The Bertz CT molecular complexity index is 1130. The molecule has 0 radical (unpaired) electrons. The molecule has 0 aliphatic carbocycles. The van der Waals surface area contributed by atoms with Crippen LogP contribution in [0.2, 0.25) is 0 Å². The van der Waals surface area contributed by atoms with E-state index in [1.165, 1.54) is 0 Å². The fraction of sp³-hybridized carbons (Fsp3) is 0.440. The molecule has 2 amide bonds. The van der Waals surface area contributed by atoms with Crippen LogP contribution in [0.5, 0.6) is 0 Å². The Labute approximate surface area is 205 Å². The third-order valence-electron chi connectivity index (χ3n) is 6.45. The lowest BCUT2D eigenvalue weighted by Gasteiger charge is -2.27. The number of carbonyl (C=O) groups is 2. The first-order valence-corrected chi connectivity index (χ1v) is 14.5.